The first-order chi connectivity index (χ1) is 21.1. The van der Waals surface area contributed by atoms with Crippen LogP contribution in [-0.2, 0) is 17.6 Å². The molecule has 0 saturated carbocycles. The number of carbonyl (C=O) groups is 3. The second-order valence-electron chi connectivity index (χ2n) is 11.0. The maximum Gasteiger partial charge on any atom is 0.253 e. The molecule has 8 nitrogen and oxygen atoms in total. The van der Waals surface area contributed by atoms with Gasteiger partial charge in [0.1, 0.15) is 11.6 Å². The number of hydrogen-bond acceptors (Lipinski definition) is 5. The van der Waals surface area contributed by atoms with Gasteiger partial charge in [0.2, 0.25) is 5.91 Å². The molecule has 0 fully saturated rings. The number of aromatic nitrogens is 1. The summed E-state index contributed by atoms with van der Waals surface area (Å²) in [6.45, 7) is 7.10. The molecule has 236 valence electrons. The molecule has 44 heavy (non-hydrogen) atoms. The lowest BCUT2D eigenvalue weighted by molar-refractivity contribution is -0.121. The highest BCUT2D eigenvalue weighted by atomic mass is 19.1. The molecule has 0 saturated heterocycles. The molecule has 0 aliphatic rings. The van der Waals surface area contributed by atoms with Crippen LogP contribution in [0.25, 0.3) is 0 Å². The number of rotatable bonds is 16. The molecule has 10 heteroatoms. The summed E-state index contributed by atoms with van der Waals surface area (Å²) in [7, 11) is 0. The quantitative estimate of drug-likeness (QED) is 0.217. The Balaban J connectivity index is 1.73. The van der Waals surface area contributed by atoms with Gasteiger partial charge < -0.3 is 20.6 Å². The molecule has 2 unspecified atom stereocenters. The lowest BCUT2D eigenvalue weighted by atomic mass is 9.97. The summed E-state index contributed by atoms with van der Waals surface area (Å²) >= 11 is 0. The van der Waals surface area contributed by atoms with Crippen LogP contribution in [-0.4, -0.2) is 64.5 Å². The van der Waals surface area contributed by atoms with E-state index in [1.54, 1.807) is 42.4 Å². The third-order valence-corrected chi connectivity index (χ3v) is 7.15. The van der Waals surface area contributed by atoms with E-state index in [9.17, 15) is 28.3 Å². The Hall–Kier alpha value is -4.18. The third kappa shape index (κ3) is 10.8. The van der Waals surface area contributed by atoms with Gasteiger partial charge in [0.15, 0.2) is 0 Å². The topological polar surface area (TPSA) is 112 Å². The molecule has 3 amide bonds. The highest BCUT2D eigenvalue weighted by Gasteiger charge is 2.24. The van der Waals surface area contributed by atoms with E-state index in [4.69, 9.17) is 0 Å². The van der Waals surface area contributed by atoms with E-state index >= 15 is 0 Å². The van der Waals surface area contributed by atoms with Gasteiger partial charge in [-0.15, -0.1) is 0 Å². The minimum Gasteiger partial charge on any atom is -0.391 e. The smallest absolute Gasteiger partial charge is 0.253 e. The molecule has 0 spiro atoms. The van der Waals surface area contributed by atoms with Crippen molar-refractivity contribution in [3.63, 3.8) is 0 Å². The summed E-state index contributed by atoms with van der Waals surface area (Å²) in [6.07, 6.45) is 4.58. The zero-order valence-electron chi connectivity index (χ0n) is 25.6. The van der Waals surface area contributed by atoms with Gasteiger partial charge in [-0.1, -0.05) is 19.9 Å². The Kier molecular flexibility index (Phi) is 13.4. The summed E-state index contributed by atoms with van der Waals surface area (Å²) in [6, 6.07) is 10.7. The number of aryl methyl sites for hydroxylation is 2. The first-order valence-electron chi connectivity index (χ1n) is 15.1. The number of nitrogens with one attached hydrogen (secondary N) is 2. The fraction of sp³-hybridized carbons (Fsp3) is 0.412. The number of amides is 3. The van der Waals surface area contributed by atoms with Crippen LogP contribution >= 0.6 is 0 Å². The maximum absolute atomic E-state index is 14.0. The number of nitrogens with zero attached hydrogens (tertiary/aromatic N) is 2. The average Bonchev–Trinajstić information content (AvgIpc) is 2.99. The van der Waals surface area contributed by atoms with Crippen LogP contribution in [0.4, 0.5) is 8.78 Å². The Labute approximate surface area is 257 Å². The highest BCUT2D eigenvalue weighted by Crippen LogP contribution is 2.17. The predicted octanol–water partition coefficient (Wildman–Crippen LogP) is 4.77. The first kappa shape index (κ1) is 34.3. The number of hydrogen-bond donors (Lipinski definition) is 3. The van der Waals surface area contributed by atoms with Crippen LogP contribution < -0.4 is 10.6 Å². The second kappa shape index (κ2) is 17.2. The van der Waals surface area contributed by atoms with Crippen molar-refractivity contribution < 1.29 is 28.3 Å². The average molecular weight is 609 g/mol. The molecule has 0 bridgehead atoms. The van der Waals surface area contributed by atoms with E-state index in [1.807, 2.05) is 19.9 Å². The highest BCUT2D eigenvalue weighted by molar-refractivity contribution is 6.00. The Morgan fingerprint density at radius 1 is 0.955 bits per heavy atom. The van der Waals surface area contributed by atoms with Crippen molar-refractivity contribution in [2.45, 2.75) is 71.4 Å². The van der Waals surface area contributed by atoms with E-state index in [0.717, 1.165) is 36.6 Å². The molecule has 2 atom stereocenters. The molecule has 0 radical (unpaired) electrons. The normalized spacial score (nSPS) is 12.3. The molecule has 2 aromatic carbocycles. The van der Waals surface area contributed by atoms with Crippen molar-refractivity contribution in [1.82, 2.24) is 20.5 Å². The van der Waals surface area contributed by atoms with Crippen LogP contribution in [0.2, 0.25) is 0 Å². The first-order valence-corrected chi connectivity index (χ1v) is 15.1. The predicted molar refractivity (Wildman–Crippen MR) is 165 cm³/mol. The van der Waals surface area contributed by atoms with E-state index in [1.165, 1.54) is 6.07 Å². The number of aliphatic hydroxyl groups excluding tert-OH is 1. The Bertz CT molecular complexity index is 1380. The summed E-state index contributed by atoms with van der Waals surface area (Å²) in [5.74, 6) is -2.46. The minimum absolute atomic E-state index is 0.0606. The molecular formula is C34H42F2N4O4. The molecule has 3 rings (SSSR count). The van der Waals surface area contributed by atoms with E-state index in [-0.39, 0.29) is 48.7 Å². The number of benzene rings is 2. The fourth-order valence-electron chi connectivity index (χ4n) is 5.05. The summed E-state index contributed by atoms with van der Waals surface area (Å²) < 4.78 is 27.9. The number of carbonyl (C=O) groups excluding carboxylic acids is 3. The third-order valence-electron chi connectivity index (χ3n) is 7.15. The summed E-state index contributed by atoms with van der Waals surface area (Å²) in [5, 5.41) is 16.7. The van der Waals surface area contributed by atoms with Gasteiger partial charge in [-0.05, 0) is 92.1 Å². The second-order valence-corrected chi connectivity index (χ2v) is 11.0. The van der Waals surface area contributed by atoms with Crippen LogP contribution in [0, 0.1) is 18.6 Å². The van der Waals surface area contributed by atoms with Crippen molar-refractivity contribution in [2.24, 2.45) is 0 Å². The van der Waals surface area contributed by atoms with Gasteiger partial charge in [0.05, 0.1) is 12.1 Å². The van der Waals surface area contributed by atoms with Crippen molar-refractivity contribution in [2.75, 3.05) is 19.6 Å². The molecule has 1 aromatic heterocycles. The van der Waals surface area contributed by atoms with Crippen LogP contribution in [0.15, 0.2) is 60.9 Å². The van der Waals surface area contributed by atoms with Crippen LogP contribution in [0.5, 0.6) is 0 Å². The van der Waals surface area contributed by atoms with E-state index < -0.39 is 29.7 Å². The van der Waals surface area contributed by atoms with Gasteiger partial charge in [0.25, 0.3) is 11.8 Å². The van der Waals surface area contributed by atoms with Crippen molar-refractivity contribution in [1.29, 1.82) is 0 Å². The van der Waals surface area contributed by atoms with Gasteiger partial charge in [-0.3, -0.25) is 19.4 Å². The van der Waals surface area contributed by atoms with Crippen LogP contribution in [0.3, 0.4) is 0 Å². The minimum atomic E-state index is -1.15. The molecule has 0 aliphatic heterocycles. The van der Waals surface area contributed by atoms with Gasteiger partial charge in [0, 0.05) is 55.6 Å². The molecule has 3 N–H and O–H groups in total. The standard InChI is InChI=1S/C34H42F2N4O4/c1-4-13-40(14-5-2)34(44)27-16-23(3)15-26(20-27)33(43)39-30(19-25-17-28(35)21-29(36)18-25)31(41)10-12-38-32(42)9-8-24-7-6-11-37-22-24/h6-7,11,15-18,20-22,30-31,41H,4-5,8-10,12-14,19H2,1-3H3,(H,38,42)(H,39,43). The molecular weight excluding hydrogens is 566 g/mol. The lowest BCUT2D eigenvalue weighted by Crippen LogP contribution is -2.46. The molecule has 0 aliphatic carbocycles. The SMILES string of the molecule is CCCN(CCC)C(=O)c1cc(C)cc(C(=O)NC(Cc2cc(F)cc(F)c2)C(O)CCNC(=O)CCc2cccnc2)c1. The maximum atomic E-state index is 14.0. The van der Waals surface area contributed by atoms with Crippen molar-refractivity contribution in [3.8, 4) is 0 Å². The zero-order chi connectivity index (χ0) is 32.1. The van der Waals surface area contributed by atoms with E-state index in [0.29, 0.717) is 30.6 Å². The van der Waals surface area contributed by atoms with Crippen LogP contribution in [0.1, 0.15) is 76.9 Å². The van der Waals surface area contributed by atoms with E-state index in [2.05, 4.69) is 15.6 Å². The number of pyridine rings is 1. The lowest BCUT2D eigenvalue weighted by Gasteiger charge is -2.25. The largest absolute Gasteiger partial charge is 0.391 e. The Morgan fingerprint density at radius 2 is 1.64 bits per heavy atom. The molecule has 1 heterocycles. The monoisotopic (exact) mass is 608 g/mol. The molecule has 3 aromatic rings. The Morgan fingerprint density at radius 3 is 2.27 bits per heavy atom. The zero-order valence-corrected chi connectivity index (χ0v) is 25.6. The van der Waals surface area contributed by atoms with Gasteiger partial charge in [-0.25, -0.2) is 8.78 Å². The number of halogens is 2. The fourth-order valence-corrected chi connectivity index (χ4v) is 5.05. The van der Waals surface area contributed by atoms with Crippen molar-refractivity contribution >= 4 is 17.7 Å². The summed E-state index contributed by atoms with van der Waals surface area (Å²) in [4.78, 5) is 44.8. The number of aliphatic hydroxyl groups is 1. The van der Waals surface area contributed by atoms with Gasteiger partial charge >= 0.3 is 0 Å². The van der Waals surface area contributed by atoms with Gasteiger partial charge in [-0.2, -0.15) is 0 Å². The van der Waals surface area contributed by atoms with Crippen molar-refractivity contribution in [3.05, 3.63) is 100 Å². The summed E-state index contributed by atoms with van der Waals surface area (Å²) in [5.41, 5.74) is 2.51.